The van der Waals surface area contributed by atoms with Crippen LogP contribution in [0.3, 0.4) is 0 Å². The van der Waals surface area contributed by atoms with Crippen LogP contribution in [0.4, 0.5) is 0 Å². The van der Waals surface area contributed by atoms with Crippen LogP contribution in [0, 0.1) is 5.92 Å². The van der Waals surface area contributed by atoms with Crippen molar-refractivity contribution in [3.8, 4) is 0 Å². The first-order valence-electron chi connectivity index (χ1n) is 5.25. The average molecular weight is 194 g/mol. The summed E-state index contributed by atoms with van der Waals surface area (Å²) in [5.74, 6) is 0.621. The minimum atomic E-state index is 0.145. The van der Waals surface area contributed by atoms with Gasteiger partial charge in [0.1, 0.15) is 6.33 Å². The van der Waals surface area contributed by atoms with Crippen molar-refractivity contribution in [1.82, 2.24) is 9.55 Å². The molecule has 0 aromatic carbocycles. The topological polar surface area (TPSA) is 34.9 Å². The molecule has 78 valence electrons. The highest BCUT2D eigenvalue weighted by molar-refractivity contribution is 5.78. The zero-order valence-corrected chi connectivity index (χ0v) is 8.94. The summed E-state index contributed by atoms with van der Waals surface area (Å²) >= 11 is 0. The normalized spacial score (nSPS) is 12.7. The summed E-state index contributed by atoms with van der Waals surface area (Å²) in [5, 5.41) is 0. The monoisotopic (exact) mass is 194 g/mol. The Morgan fingerprint density at radius 1 is 1.57 bits per heavy atom. The predicted molar refractivity (Wildman–Crippen MR) is 56.2 cm³/mol. The van der Waals surface area contributed by atoms with Gasteiger partial charge in [-0.15, -0.1) is 0 Å². The summed E-state index contributed by atoms with van der Waals surface area (Å²) in [6.45, 7) is 4.30. The molecule has 0 bridgehead atoms. The second kappa shape index (κ2) is 5.58. The minimum absolute atomic E-state index is 0.145. The molecule has 1 aromatic rings. The average Bonchev–Trinajstić information content (AvgIpc) is 2.67. The molecule has 0 fully saturated rings. The maximum Gasteiger partial charge on any atom is 0.232 e. The number of hydrogen-bond donors (Lipinski definition) is 0. The maximum absolute atomic E-state index is 11.6. The van der Waals surface area contributed by atoms with Gasteiger partial charge >= 0.3 is 0 Å². The van der Waals surface area contributed by atoms with E-state index in [-0.39, 0.29) is 5.91 Å². The van der Waals surface area contributed by atoms with Gasteiger partial charge in [-0.05, 0) is 5.92 Å². The highest BCUT2D eigenvalue weighted by Crippen LogP contribution is 2.12. The molecule has 0 saturated heterocycles. The number of carbonyl (C=O) groups is 1. The molecule has 0 N–H and O–H groups in total. The van der Waals surface area contributed by atoms with Crippen molar-refractivity contribution in [2.75, 3.05) is 0 Å². The second-order valence-electron chi connectivity index (χ2n) is 3.82. The quantitative estimate of drug-likeness (QED) is 0.722. The van der Waals surface area contributed by atoms with Gasteiger partial charge in [0.15, 0.2) is 0 Å². The molecular weight excluding hydrogens is 176 g/mol. The molecule has 3 nitrogen and oxygen atoms in total. The van der Waals surface area contributed by atoms with E-state index in [1.807, 2.05) is 0 Å². The molecule has 14 heavy (non-hydrogen) atoms. The van der Waals surface area contributed by atoms with Crippen molar-refractivity contribution >= 4 is 5.91 Å². The largest absolute Gasteiger partial charge is 0.276 e. The third-order valence-electron chi connectivity index (χ3n) is 2.37. The zero-order valence-electron chi connectivity index (χ0n) is 8.94. The van der Waals surface area contributed by atoms with E-state index in [4.69, 9.17) is 0 Å². The number of unbranched alkanes of at least 4 members (excludes halogenated alkanes) is 1. The van der Waals surface area contributed by atoms with Crippen molar-refractivity contribution in [3.63, 3.8) is 0 Å². The van der Waals surface area contributed by atoms with Crippen molar-refractivity contribution in [2.24, 2.45) is 5.92 Å². The molecule has 3 heteroatoms. The molecule has 1 heterocycles. The molecule has 0 saturated carbocycles. The van der Waals surface area contributed by atoms with Gasteiger partial charge in [-0.3, -0.25) is 9.36 Å². The Bertz CT molecular complexity index is 267. The first-order valence-corrected chi connectivity index (χ1v) is 5.25. The molecule has 0 spiro atoms. The molecular formula is C11H18N2O. The number of rotatable bonds is 5. The second-order valence-corrected chi connectivity index (χ2v) is 3.82. The Kier molecular flexibility index (Phi) is 4.36. The lowest BCUT2D eigenvalue weighted by Crippen LogP contribution is -2.12. The van der Waals surface area contributed by atoms with E-state index in [0.29, 0.717) is 12.3 Å². The van der Waals surface area contributed by atoms with Gasteiger partial charge in [0, 0.05) is 18.8 Å². The number of imidazole rings is 1. The van der Waals surface area contributed by atoms with E-state index in [1.54, 1.807) is 23.3 Å². The van der Waals surface area contributed by atoms with Crippen LogP contribution in [0.2, 0.25) is 0 Å². The standard InChI is InChI=1S/C11H18N2O/c1-3-4-5-10(2)8-11(14)13-7-6-12-9-13/h6-7,9-10H,3-5,8H2,1-2H3/t10-/m1/s1. The molecule has 0 aliphatic carbocycles. The first kappa shape index (κ1) is 11.0. The van der Waals surface area contributed by atoms with E-state index >= 15 is 0 Å². The summed E-state index contributed by atoms with van der Waals surface area (Å²) in [7, 11) is 0. The Morgan fingerprint density at radius 3 is 2.93 bits per heavy atom. The van der Waals surface area contributed by atoms with Gasteiger partial charge in [-0.1, -0.05) is 33.1 Å². The highest BCUT2D eigenvalue weighted by Gasteiger charge is 2.09. The van der Waals surface area contributed by atoms with Crippen molar-refractivity contribution in [1.29, 1.82) is 0 Å². The van der Waals surface area contributed by atoms with Crippen LogP contribution in [0.5, 0.6) is 0 Å². The van der Waals surface area contributed by atoms with Gasteiger partial charge in [-0.2, -0.15) is 0 Å². The van der Waals surface area contributed by atoms with Gasteiger partial charge in [0.25, 0.3) is 0 Å². The molecule has 0 radical (unpaired) electrons. The number of hydrogen-bond acceptors (Lipinski definition) is 2. The summed E-state index contributed by atoms with van der Waals surface area (Å²) in [6, 6.07) is 0. The SMILES string of the molecule is CCCC[C@@H](C)CC(=O)n1ccnc1. The van der Waals surface area contributed by atoms with Crippen LogP contribution >= 0.6 is 0 Å². The van der Waals surface area contributed by atoms with Crippen LogP contribution in [0.15, 0.2) is 18.7 Å². The molecule has 1 atom stereocenters. The van der Waals surface area contributed by atoms with E-state index in [2.05, 4.69) is 18.8 Å². The van der Waals surface area contributed by atoms with E-state index in [1.165, 1.54) is 12.8 Å². The fourth-order valence-electron chi connectivity index (χ4n) is 1.46. The first-order chi connectivity index (χ1) is 6.74. The summed E-state index contributed by atoms with van der Waals surface area (Å²) < 4.78 is 1.56. The molecule has 0 amide bonds. The van der Waals surface area contributed by atoms with Gasteiger partial charge < -0.3 is 0 Å². The Hall–Kier alpha value is -1.12. The van der Waals surface area contributed by atoms with Gasteiger partial charge in [-0.25, -0.2) is 4.98 Å². The molecule has 0 unspecified atom stereocenters. The Labute approximate surface area is 85.2 Å². The summed E-state index contributed by atoms with van der Waals surface area (Å²) in [4.78, 5) is 15.5. The smallest absolute Gasteiger partial charge is 0.232 e. The third-order valence-corrected chi connectivity index (χ3v) is 2.37. The van der Waals surface area contributed by atoms with Crippen LogP contribution in [-0.4, -0.2) is 15.5 Å². The zero-order chi connectivity index (χ0) is 10.4. The molecule has 0 aliphatic rings. The Morgan fingerprint density at radius 2 is 2.36 bits per heavy atom. The van der Waals surface area contributed by atoms with Gasteiger partial charge in [0.2, 0.25) is 5.91 Å². The van der Waals surface area contributed by atoms with E-state index in [0.717, 1.165) is 6.42 Å². The fourth-order valence-corrected chi connectivity index (χ4v) is 1.46. The van der Waals surface area contributed by atoms with Crippen molar-refractivity contribution in [3.05, 3.63) is 18.7 Å². The van der Waals surface area contributed by atoms with Crippen molar-refractivity contribution < 1.29 is 4.79 Å². The van der Waals surface area contributed by atoms with E-state index < -0.39 is 0 Å². The van der Waals surface area contributed by atoms with Crippen LogP contribution in [-0.2, 0) is 0 Å². The number of aromatic nitrogens is 2. The minimum Gasteiger partial charge on any atom is -0.276 e. The summed E-state index contributed by atoms with van der Waals surface area (Å²) in [6.07, 6.45) is 9.06. The van der Waals surface area contributed by atoms with E-state index in [9.17, 15) is 4.79 Å². The lowest BCUT2D eigenvalue weighted by Gasteiger charge is -2.09. The van der Waals surface area contributed by atoms with Crippen LogP contribution in [0.25, 0.3) is 0 Å². The summed E-state index contributed by atoms with van der Waals surface area (Å²) in [5.41, 5.74) is 0. The van der Waals surface area contributed by atoms with Crippen LogP contribution in [0.1, 0.15) is 44.3 Å². The number of nitrogens with zero attached hydrogens (tertiary/aromatic N) is 2. The highest BCUT2D eigenvalue weighted by atomic mass is 16.2. The van der Waals surface area contributed by atoms with Crippen molar-refractivity contribution in [2.45, 2.75) is 39.5 Å². The molecule has 1 aromatic heterocycles. The lowest BCUT2D eigenvalue weighted by molar-refractivity contribution is 0.0880. The maximum atomic E-state index is 11.6. The van der Waals surface area contributed by atoms with Gasteiger partial charge in [0.05, 0.1) is 0 Å². The molecule has 1 rings (SSSR count). The number of carbonyl (C=O) groups excluding carboxylic acids is 1. The Balaban J connectivity index is 2.34. The predicted octanol–water partition coefficient (Wildman–Crippen LogP) is 2.74. The lowest BCUT2D eigenvalue weighted by atomic mass is 10.0. The van der Waals surface area contributed by atoms with Crippen LogP contribution < -0.4 is 0 Å². The third kappa shape index (κ3) is 3.32. The molecule has 0 aliphatic heterocycles. The fraction of sp³-hybridized carbons (Fsp3) is 0.636.